The van der Waals surface area contributed by atoms with E-state index < -0.39 is 5.91 Å². The smallest absolute Gasteiger partial charge is 0.282 e. The third-order valence-corrected chi connectivity index (χ3v) is 1.48. The van der Waals surface area contributed by atoms with Crippen LogP contribution in [-0.2, 0) is 4.79 Å². The molecule has 0 fully saturated rings. The molecule has 0 aromatic heterocycles. The summed E-state index contributed by atoms with van der Waals surface area (Å²) in [5.41, 5.74) is 15.1. The van der Waals surface area contributed by atoms with Gasteiger partial charge in [-0.05, 0) is 18.2 Å². The Morgan fingerprint density at radius 1 is 1.62 bits per heavy atom. The van der Waals surface area contributed by atoms with E-state index in [9.17, 15) is 4.79 Å². The van der Waals surface area contributed by atoms with Gasteiger partial charge >= 0.3 is 0 Å². The maximum Gasteiger partial charge on any atom is 0.282 e. The lowest BCUT2D eigenvalue weighted by atomic mass is 10.3. The van der Waals surface area contributed by atoms with Crippen molar-refractivity contribution in [2.45, 2.75) is 0 Å². The highest BCUT2D eigenvalue weighted by Gasteiger charge is 1.97. The van der Waals surface area contributed by atoms with Gasteiger partial charge in [0, 0.05) is 5.02 Å². The van der Waals surface area contributed by atoms with Crippen LogP contribution in [0.3, 0.4) is 0 Å². The summed E-state index contributed by atoms with van der Waals surface area (Å²) in [6.45, 7) is -0.271. The molecule has 67 valence electrons. The average Bonchev–Trinajstić information content (AvgIpc) is 2.03. The fourth-order valence-corrected chi connectivity index (χ4v) is 0.947. The molecule has 5 heteroatoms. The van der Waals surface area contributed by atoms with Crippen molar-refractivity contribution in [3.8, 4) is 0 Å². The Kier molecular flexibility index (Phi) is 3.54. The Morgan fingerprint density at radius 3 is 3.00 bits per heavy atom. The number of anilines is 1. The molecule has 1 N–H and O–H groups in total. The Balaban J connectivity index is 2.41. The van der Waals surface area contributed by atoms with E-state index in [4.69, 9.17) is 17.3 Å². The molecular weight excluding hydrogens is 190 g/mol. The maximum atomic E-state index is 10.1. The summed E-state index contributed by atoms with van der Waals surface area (Å²) >= 11 is 5.69. The highest BCUT2D eigenvalue weighted by molar-refractivity contribution is 6.30. The van der Waals surface area contributed by atoms with E-state index in [1.54, 1.807) is 24.3 Å². The second kappa shape index (κ2) is 4.69. The lowest BCUT2D eigenvalue weighted by Gasteiger charge is -2.03. The molecule has 0 bridgehead atoms. The number of carbonyl (C=O) groups is 1. The summed E-state index contributed by atoms with van der Waals surface area (Å²) in [4.78, 5) is 10.1. The van der Waals surface area contributed by atoms with Gasteiger partial charge in [-0.15, -0.1) is 11.2 Å². The minimum absolute atomic E-state index is 0.271. The number of hydrogen-bond donors (Lipinski definition) is 1. The molecule has 1 rings (SSSR count). The zero-order valence-electron chi connectivity index (χ0n) is 6.70. The Hall–Kier alpha value is -1.26. The topological polar surface area (TPSA) is 65.5 Å². The molecule has 1 aromatic carbocycles. The summed E-state index contributed by atoms with van der Waals surface area (Å²) in [6, 6.07) is 6.88. The molecule has 1 amide bonds. The van der Waals surface area contributed by atoms with E-state index in [2.05, 4.69) is 10.9 Å². The Morgan fingerprint density at radius 2 is 2.38 bits per heavy atom. The fourth-order valence-electron chi connectivity index (χ4n) is 0.756. The molecular formula is C8H7ClN3O. The number of amides is 1. The van der Waals surface area contributed by atoms with Crippen LogP contribution in [0.4, 0.5) is 5.69 Å². The molecule has 13 heavy (non-hydrogen) atoms. The first-order chi connectivity index (χ1) is 6.18. The SMILES string of the molecule is [N]C(=O)C[N]Nc1cccc(Cl)c1. The summed E-state index contributed by atoms with van der Waals surface area (Å²) < 4.78 is 0. The van der Waals surface area contributed by atoms with E-state index in [1.807, 2.05) is 0 Å². The van der Waals surface area contributed by atoms with Gasteiger partial charge in [-0.1, -0.05) is 17.7 Å². The van der Waals surface area contributed by atoms with Crippen molar-refractivity contribution in [3.63, 3.8) is 0 Å². The van der Waals surface area contributed by atoms with Crippen LogP contribution in [0, 0.1) is 0 Å². The van der Waals surface area contributed by atoms with Crippen molar-refractivity contribution >= 4 is 23.2 Å². The molecule has 3 radical (unpaired) electrons. The standard InChI is InChI=1S/C8H7ClN3O/c9-6-2-1-3-7(4-6)12-11-5-8(10)13/h1-4,12H,5H2. The predicted molar refractivity (Wildman–Crippen MR) is 49.2 cm³/mol. The van der Waals surface area contributed by atoms with Crippen LogP contribution in [0.15, 0.2) is 24.3 Å². The lowest BCUT2D eigenvalue weighted by molar-refractivity contribution is -0.117. The van der Waals surface area contributed by atoms with E-state index in [1.165, 1.54) is 0 Å². The van der Waals surface area contributed by atoms with Gasteiger partial charge in [0.05, 0.1) is 5.69 Å². The molecule has 0 aliphatic rings. The number of hydrogen-bond acceptors (Lipinski definition) is 2. The normalized spacial score (nSPS) is 9.62. The van der Waals surface area contributed by atoms with E-state index in [0.29, 0.717) is 10.7 Å². The molecule has 0 aliphatic carbocycles. The number of carbonyl (C=O) groups excluding carboxylic acids is 1. The zero-order chi connectivity index (χ0) is 9.68. The van der Waals surface area contributed by atoms with Gasteiger partial charge in [-0.2, -0.15) is 0 Å². The highest BCUT2D eigenvalue weighted by Crippen LogP contribution is 2.13. The minimum atomic E-state index is -0.977. The zero-order valence-corrected chi connectivity index (χ0v) is 7.45. The van der Waals surface area contributed by atoms with Crippen molar-refractivity contribution in [1.29, 1.82) is 0 Å². The van der Waals surface area contributed by atoms with E-state index >= 15 is 0 Å². The van der Waals surface area contributed by atoms with Gasteiger partial charge in [0.25, 0.3) is 5.91 Å². The maximum absolute atomic E-state index is 10.1. The predicted octanol–water partition coefficient (Wildman–Crippen LogP) is 0.867. The third kappa shape index (κ3) is 3.78. The largest absolute Gasteiger partial charge is 0.303 e. The Bertz CT molecular complexity index is 303. The van der Waals surface area contributed by atoms with Crippen molar-refractivity contribution in [2.24, 2.45) is 0 Å². The average molecular weight is 197 g/mol. The first kappa shape index (κ1) is 9.83. The van der Waals surface area contributed by atoms with E-state index in [-0.39, 0.29) is 6.54 Å². The van der Waals surface area contributed by atoms with Gasteiger partial charge in [-0.3, -0.25) is 4.79 Å². The summed E-state index contributed by atoms with van der Waals surface area (Å²) in [5.74, 6) is -0.977. The van der Waals surface area contributed by atoms with E-state index in [0.717, 1.165) is 0 Å². The first-order valence-electron chi connectivity index (χ1n) is 3.58. The minimum Gasteiger partial charge on any atom is -0.303 e. The van der Waals surface area contributed by atoms with Crippen molar-refractivity contribution < 1.29 is 4.79 Å². The molecule has 0 aliphatic heterocycles. The molecule has 4 nitrogen and oxygen atoms in total. The summed E-state index contributed by atoms with van der Waals surface area (Å²) in [6.07, 6.45) is 0. The van der Waals surface area contributed by atoms with Gasteiger partial charge in [0.1, 0.15) is 6.54 Å². The molecule has 0 saturated carbocycles. The first-order valence-corrected chi connectivity index (χ1v) is 3.96. The van der Waals surface area contributed by atoms with Crippen molar-refractivity contribution in [3.05, 3.63) is 29.3 Å². The highest BCUT2D eigenvalue weighted by atomic mass is 35.5. The molecule has 0 heterocycles. The van der Waals surface area contributed by atoms with Crippen LogP contribution in [0.25, 0.3) is 0 Å². The molecule has 1 aromatic rings. The van der Waals surface area contributed by atoms with Crippen LogP contribution in [0.1, 0.15) is 0 Å². The number of rotatable bonds is 4. The van der Waals surface area contributed by atoms with Crippen LogP contribution in [-0.4, -0.2) is 12.5 Å². The second-order valence-electron chi connectivity index (χ2n) is 2.33. The molecule has 0 spiro atoms. The van der Waals surface area contributed by atoms with Crippen LogP contribution in [0.5, 0.6) is 0 Å². The molecule has 0 unspecified atom stereocenters. The van der Waals surface area contributed by atoms with Crippen LogP contribution in [0.2, 0.25) is 5.02 Å². The van der Waals surface area contributed by atoms with Crippen LogP contribution >= 0.6 is 11.6 Å². The number of nitrogens with one attached hydrogen (secondary N) is 1. The van der Waals surface area contributed by atoms with Gasteiger partial charge in [0.2, 0.25) is 0 Å². The number of benzene rings is 1. The van der Waals surface area contributed by atoms with Crippen molar-refractivity contribution in [2.75, 3.05) is 12.0 Å². The van der Waals surface area contributed by atoms with Crippen LogP contribution < -0.4 is 16.6 Å². The van der Waals surface area contributed by atoms with Crippen molar-refractivity contribution in [1.82, 2.24) is 11.2 Å². The molecule has 0 atom stereocenters. The monoisotopic (exact) mass is 196 g/mol. The number of halogens is 1. The fraction of sp³-hybridized carbons (Fsp3) is 0.125. The summed E-state index contributed by atoms with van der Waals surface area (Å²) in [7, 11) is 0. The van der Waals surface area contributed by atoms with Gasteiger partial charge in [0.15, 0.2) is 0 Å². The Labute approximate surface area is 81.0 Å². The number of nitrogens with zero attached hydrogens (tertiary/aromatic N) is 2. The second-order valence-corrected chi connectivity index (χ2v) is 2.77. The van der Waals surface area contributed by atoms with Gasteiger partial charge < -0.3 is 5.43 Å². The summed E-state index contributed by atoms with van der Waals surface area (Å²) in [5, 5.41) is 0.579. The quantitative estimate of drug-likeness (QED) is 0.727. The third-order valence-electron chi connectivity index (χ3n) is 1.25. The van der Waals surface area contributed by atoms with Gasteiger partial charge in [-0.25, -0.2) is 0 Å². The lowest BCUT2D eigenvalue weighted by Crippen LogP contribution is -2.21. The molecule has 0 saturated heterocycles.